The van der Waals surface area contributed by atoms with Gasteiger partial charge in [0.1, 0.15) is 6.10 Å². The highest BCUT2D eigenvalue weighted by atomic mass is 16.6. The molecule has 0 aromatic heterocycles. The third kappa shape index (κ3) is 8.36. The zero-order chi connectivity index (χ0) is 12.9. The van der Waals surface area contributed by atoms with E-state index in [0.29, 0.717) is 6.61 Å². The Bertz CT molecular complexity index is 171. The van der Waals surface area contributed by atoms with Crippen LogP contribution in [0.4, 0.5) is 0 Å². The van der Waals surface area contributed by atoms with Crippen LogP contribution in [0.5, 0.6) is 0 Å². The predicted octanol–water partition coefficient (Wildman–Crippen LogP) is 3.19. The lowest BCUT2D eigenvalue weighted by atomic mass is 10.0. The second-order valence-corrected chi connectivity index (χ2v) is 4.28. The van der Waals surface area contributed by atoms with Crippen molar-refractivity contribution in [2.45, 2.75) is 50.7 Å². The molecule has 0 aromatic carbocycles. The first-order chi connectivity index (χ1) is 8.29. The molecular formula is C14H28O3. The maximum absolute atomic E-state index is 5.46. The lowest BCUT2D eigenvalue weighted by Gasteiger charge is -2.24. The van der Waals surface area contributed by atoms with Crippen LogP contribution in [0.3, 0.4) is 0 Å². The Morgan fingerprint density at radius 1 is 0.941 bits per heavy atom. The summed E-state index contributed by atoms with van der Waals surface area (Å²) in [6.07, 6.45) is 9.26. The molecule has 0 saturated carbocycles. The lowest BCUT2D eigenvalue weighted by molar-refractivity contribution is -0.0711. The Kier molecular flexibility index (Phi) is 11.8. The van der Waals surface area contributed by atoms with E-state index in [4.69, 9.17) is 14.2 Å². The smallest absolute Gasteiger partial charge is 0.106 e. The summed E-state index contributed by atoms with van der Waals surface area (Å²) in [5.74, 6) is 0. The minimum absolute atomic E-state index is 0.0400. The van der Waals surface area contributed by atoms with Crippen molar-refractivity contribution in [1.29, 1.82) is 0 Å². The maximum Gasteiger partial charge on any atom is 0.106 e. The second kappa shape index (κ2) is 12.1. The molecule has 0 rings (SSSR count). The highest BCUT2D eigenvalue weighted by Crippen LogP contribution is 2.14. The molecule has 0 aliphatic rings. The van der Waals surface area contributed by atoms with E-state index in [1.807, 2.05) is 6.08 Å². The SMILES string of the molecule is C=CCCCCCCC(OC)C(COC)OC. The van der Waals surface area contributed by atoms with E-state index in [-0.39, 0.29) is 12.2 Å². The maximum atomic E-state index is 5.46. The number of allylic oxidation sites excluding steroid dienone is 1. The molecule has 0 aromatic rings. The van der Waals surface area contributed by atoms with Crippen molar-refractivity contribution < 1.29 is 14.2 Å². The van der Waals surface area contributed by atoms with Crippen LogP contribution in [0, 0.1) is 0 Å². The average molecular weight is 244 g/mol. The van der Waals surface area contributed by atoms with Crippen molar-refractivity contribution in [2.75, 3.05) is 27.9 Å². The fraction of sp³-hybridized carbons (Fsp3) is 0.857. The summed E-state index contributed by atoms with van der Waals surface area (Å²) in [5.41, 5.74) is 0. The van der Waals surface area contributed by atoms with Crippen LogP contribution in [0.15, 0.2) is 12.7 Å². The molecule has 0 radical (unpaired) electrons. The molecule has 0 N–H and O–H groups in total. The minimum atomic E-state index is 0.0400. The molecule has 3 heteroatoms. The van der Waals surface area contributed by atoms with Gasteiger partial charge < -0.3 is 14.2 Å². The van der Waals surface area contributed by atoms with Gasteiger partial charge in [-0.2, -0.15) is 0 Å². The monoisotopic (exact) mass is 244 g/mol. The Morgan fingerprint density at radius 3 is 2.12 bits per heavy atom. The van der Waals surface area contributed by atoms with Crippen molar-refractivity contribution >= 4 is 0 Å². The molecular weight excluding hydrogens is 216 g/mol. The third-order valence-electron chi connectivity index (χ3n) is 3.00. The molecule has 0 amide bonds. The van der Waals surface area contributed by atoms with Crippen molar-refractivity contribution in [1.82, 2.24) is 0 Å². The molecule has 0 aliphatic heterocycles. The fourth-order valence-corrected chi connectivity index (χ4v) is 1.93. The zero-order valence-electron chi connectivity index (χ0n) is 11.6. The summed E-state index contributed by atoms with van der Waals surface area (Å²) in [6.45, 7) is 4.31. The molecule has 2 atom stereocenters. The number of hydrogen-bond acceptors (Lipinski definition) is 3. The van der Waals surface area contributed by atoms with Gasteiger partial charge >= 0.3 is 0 Å². The minimum Gasteiger partial charge on any atom is -0.382 e. The van der Waals surface area contributed by atoms with E-state index in [9.17, 15) is 0 Å². The fourth-order valence-electron chi connectivity index (χ4n) is 1.93. The highest BCUT2D eigenvalue weighted by molar-refractivity contribution is 4.70. The quantitative estimate of drug-likeness (QED) is 0.390. The normalized spacial score (nSPS) is 14.5. The summed E-state index contributed by atoms with van der Waals surface area (Å²) < 4.78 is 16.0. The summed E-state index contributed by atoms with van der Waals surface area (Å²) in [4.78, 5) is 0. The van der Waals surface area contributed by atoms with Crippen molar-refractivity contribution in [3.63, 3.8) is 0 Å². The van der Waals surface area contributed by atoms with E-state index < -0.39 is 0 Å². The molecule has 0 spiro atoms. The van der Waals surface area contributed by atoms with E-state index >= 15 is 0 Å². The van der Waals surface area contributed by atoms with Crippen LogP contribution in [0.1, 0.15) is 38.5 Å². The van der Waals surface area contributed by atoms with Gasteiger partial charge in [-0.25, -0.2) is 0 Å². The van der Waals surface area contributed by atoms with Crippen molar-refractivity contribution in [3.8, 4) is 0 Å². The van der Waals surface area contributed by atoms with Gasteiger partial charge in [-0.05, 0) is 19.3 Å². The van der Waals surface area contributed by atoms with E-state index in [2.05, 4.69) is 6.58 Å². The Hall–Kier alpha value is -0.380. The Morgan fingerprint density at radius 2 is 1.59 bits per heavy atom. The Balaban J connectivity index is 3.68. The number of unbranched alkanes of at least 4 members (excludes halogenated alkanes) is 4. The molecule has 2 unspecified atom stereocenters. The molecule has 0 heterocycles. The van der Waals surface area contributed by atoms with Gasteiger partial charge in [0.2, 0.25) is 0 Å². The topological polar surface area (TPSA) is 27.7 Å². The average Bonchev–Trinajstić information content (AvgIpc) is 2.36. The van der Waals surface area contributed by atoms with Gasteiger partial charge in [0.15, 0.2) is 0 Å². The van der Waals surface area contributed by atoms with Crippen LogP contribution in [-0.4, -0.2) is 40.1 Å². The van der Waals surface area contributed by atoms with Crippen molar-refractivity contribution in [3.05, 3.63) is 12.7 Å². The number of ether oxygens (including phenoxy) is 3. The number of methoxy groups -OCH3 is 3. The van der Waals surface area contributed by atoms with E-state index in [1.165, 1.54) is 25.7 Å². The van der Waals surface area contributed by atoms with Crippen molar-refractivity contribution in [2.24, 2.45) is 0 Å². The van der Waals surface area contributed by atoms with Crippen LogP contribution < -0.4 is 0 Å². The summed E-state index contributed by atoms with van der Waals surface area (Å²) in [6, 6.07) is 0. The molecule has 3 nitrogen and oxygen atoms in total. The van der Waals surface area contributed by atoms with Crippen LogP contribution in [-0.2, 0) is 14.2 Å². The van der Waals surface area contributed by atoms with E-state index in [1.54, 1.807) is 21.3 Å². The van der Waals surface area contributed by atoms with Gasteiger partial charge in [0.25, 0.3) is 0 Å². The standard InChI is InChI=1S/C14H28O3/c1-5-6-7-8-9-10-11-13(16-3)14(17-4)12-15-2/h5,13-14H,1,6-12H2,2-4H3. The largest absolute Gasteiger partial charge is 0.382 e. The summed E-state index contributed by atoms with van der Waals surface area (Å²) in [5, 5.41) is 0. The van der Waals surface area contributed by atoms with Gasteiger partial charge in [-0.1, -0.05) is 25.3 Å². The molecule has 0 saturated heterocycles. The van der Waals surface area contributed by atoms with Crippen LogP contribution >= 0.6 is 0 Å². The molecule has 0 bridgehead atoms. The molecule has 102 valence electrons. The van der Waals surface area contributed by atoms with Crippen LogP contribution in [0.2, 0.25) is 0 Å². The van der Waals surface area contributed by atoms with Crippen LogP contribution in [0.25, 0.3) is 0 Å². The third-order valence-corrected chi connectivity index (χ3v) is 3.00. The molecule has 0 fully saturated rings. The van der Waals surface area contributed by atoms with Gasteiger partial charge in [-0.15, -0.1) is 6.58 Å². The first-order valence-corrected chi connectivity index (χ1v) is 6.45. The Labute approximate surface area is 106 Å². The summed E-state index contributed by atoms with van der Waals surface area (Å²) in [7, 11) is 5.14. The number of hydrogen-bond donors (Lipinski definition) is 0. The molecule has 0 aliphatic carbocycles. The predicted molar refractivity (Wildman–Crippen MR) is 71.4 cm³/mol. The second-order valence-electron chi connectivity index (χ2n) is 4.28. The van der Waals surface area contributed by atoms with Gasteiger partial charge in [0.05, 0.1) is 12.7 Å². The van der Waals surface area contributed by atoms with Gasteiger partial charge in [-0.3, -0.25) is 0 Å². The van der Waals surface area contributed by atoms with E-state index in [0.717, 1.165) is 12.8 Å². The highest BCUT2D eigenvalue weighted by Gasteiger charge is 2.20. The zero-order valence-corrected chi connectivity index (χ0v) is 11.6. The van der Waals surface area contributed by atoms with Gasteiger partial charge in [0, 0.05) is 21.3 Å². The lowest BCUT2D eigenvalue weighted by Crippen LogP contribution is -2.33. The first-order valence-electron chi connectivity index (χ1n) is 6.45. The number of rotatable bonds is 12. The first kappa shape index (κ1) is 16.6. The molecule has 17 heavy (non-hydrogen) atoms. The summed E-state index contributed by atoms with van der Waals surface area (Å²) >= 11 is 0.